The topological polar surface area (TPSA) is 72.5 Å². The molecule has 14 heavy (non-hydrogen) atoms. The largest absolute Gasteiger partial charge is 0.465 e. The van der Waals surface area contributed by atoms with Crippen molar-refractivity contribution >= 4 is 5.97 Å². The fourth-order valence-electron chi connectivity index (χ4n) is 1.47. The molecule has 1 fully saturated rings. The van der Waals surface area contributed by atoms with E-state index in [0.717, 1.165) is 12.3 Å². The lowest BCUT2D eigenvalue weighted by molar-refractivity contribution is -0.146. The SMILES string of the molecule is N[C@H](CCO)C(=O)OCCC1CCC1. The molecule has 1 aliphatic carbocycles. The van der Waals surface area contributed by atoms with E-state index in [1.54, 1.807) is 0 Å². The van der Waals surface area contributed by atoms with E-state index in [9.17, 15) is 4.79 Å². The van der Waals surface area contributed by atoms with Crippen LogP contribution in [0.2, 0.25) is 0 Å². The second kappa shape index (κ2) is 5.98. The van der Waals surface area contributed by atoms with Gasteiger partial charge in [-0.05, 0) is 18.8 Å². The Hall–Kier alpha value is -0.610. The zero-order valence-electron chi connectivity index (χ0n) is 8.45. The molecule has 0 aromatic carbocycles. The van der Waals surface area contributed by atoms with E-state index in [4.69, 9.17) is 15.6 Å². The second-order valence-corrected chi connectivity index (χ2v) is 3.87. The molecule has 3 N–H and O–H groups in total. The highest BCUT2D eigenvalue weighted by Crippen LogP contribution is 2.29. The van der Waals surface area contributed by atoms with Crippen molar-refractivity contribution in [2.45, 2.75) is 38.1 Å². The van der Waals surface area contributed by atoms with Gasteiger partial charge in [0, 0.05) is 6.61 Å². The fourth-order valence-corrected chi connectivity index (χ4v) is 1.47. The van der Waals surface area contributed by atoms with Gasteiger partial charge in [-0.2, -0.15) is 0 Å². The molecule has 0 heterocycles. The molecular formula is C10H19NO3. The number of aliphatic hydroxyl groups excluding tert-OH is 1. The highest BCUT2D eigenvalue weighted by Gasteiger charge is 2.19. The summed E-state index contributed by atoms with van der Waals surface area (Å²) in [5.41, 5.74) is 5.46. The monoisotopic (exact) mass is 201 g/mol. The van der Waals surface area contributed by atoms with Crippen LogP contribution in [0.25, 0.3) is 0 Å². The summed E-state index contributed by atoms with van der Waals surface area (Å²) in [6, 6.07) is -0.665. The Morgan fingerprint density at radius 1 is 1.57 bits per heavy atom. The Morgan fingerprint density at radius 2 is 2.29 bits per heavy atom. The number of hydrogen-bond donors (Lipinski definition) is 2. The van der Waals surface area contributed by atoms with E-state index in [2.05, 4.69) is 0 Å². The predicted octanol–water partition coefficient (Wildman–Crippen LogP) is 0.429. The van der Waals surface area contributed by atoms with Crippen molar-refractivity contribution in [2.24, 2.45) is 11.7 Å². The van der Waals surface area contributed by atoms with Gasteiger partial charge >= 0.3 is 5.97 Å². The first-order chi connectivity index (χ1) is 6.74. The zero-order valence-corrected chi connectivity index (χ0v) is 8.45. The Balaban J connectivity index is 2.01. The van der Waals surface area contributed by atoms with E-state index in [0.29, 0.717) is 6.61 Å². The zero-order chi connectivity index (χ0) is 10.4. The number of hydrogen-bond acceptors (Lipinski definition) is 4. The van der Waals surface area contributed by atoms with Gasteiger partial charge in [0.25, 0.3) is 0 Å². The number of aliphatic hydroxyl groups is 1. The van der Waals surface area contributed by atoms with Gasteiger partial charge in [-0.25, -0.2) is 0 Å². The van der Waals surface area contributed by atoms with Crippen molar-refractivity contribution in [2.75, 3.05) is 13.2 Å². The standard InChI is InChI=1S/C10H19NO3/c11-9(4-6-12)10(13)14-7-5-8-2-1-3-8/h8-9,12H,1-7,11H2/t9-/m1/s1. The number of esters is 1. The summed E-state index contributed by atoms with van der Waals surface area (Å²) in [7, 11) is 0. The maximum atomic E-state index is 11.2. The van der Waals surface area contributed by atoms with Crippen molar-refractivity contribution in [1.29, 1.82) is 0 Å². The highest BCUT2D eigenvalue weighted by molar-refractivity contribution is 5.75. The van der Waals surface area contributed by atoms with Crippen LogP contribution in [0.5, 0.6) is 0 Å². The third-order valence-corrected chi connectivity index (χ3v) is 2.74. The quantitative estimate of drug-likeness (QED) is 0.611. The van der Waals surface area contributed by atoms with Gasteiger partial charge in [0.15, 0.2) is 0 Å². The molecule has 0 unspecified atom stereocenters. The maximum Gasteiger partial charge on any atom is 0.322 e. The highest BCUT2D eigenvalue weighted by atomic mass is 16.5. The minimum atomic E-state index is -0.665. The molecule has 1 rings (SSSR count). The molecule has 0 bridgehead atoms. The van der Waals surface area contributed by atoms with E-state index < -0.39 is 12.0 Å². The van der Waals surface area contributed by atoms with Crippen molar-refractivity contribution in [3.8, 4) is 0 Å². The van der Waals surface area contributed by atoms with Crippen molar-refractivity contribution in [1.82, 2.24) is 0 Å². The molecule has 4 heteroatoms. The van der Waals surface area contributed by atoms with E-state index >= 15 is 0 Å². The van der Waals surface area contributed by atoms with Gasteiger partial charge in [0.05, 0.1) is 6.61 Å². The van der Waals surface area contributed by atoms with Crippen LogP contribution in [0, 0.1) is 5.92 Å². The van der Waals surface area contributed by atoms with Gasteiger partial charge in [-0.15, -0.1) is 0 Å². The van der Waals surface area contributed by atoms with Gasteiger partial charge in [-0.3, -0.25) is 4.79 Å². The average molecular weight is 201 g/mol. The van der Waals surface area contributed by atoms with Crippen LogP contribution >= 0.6 is 0 Å². The Kier molecular flexibility index (Phi) is 4.90. The number of carbonyl (C=O) groups excluding carboxylic acids is 1. The van der Waals surface area contributed by atoms with E-state index in [1.165, 1.54) is 19.3 Å². The molecule has 4 nitrogen and oxygen atoms in total. The molecule has 0 aliphatic heterocycles. The number of ether oxygens (including phenoxy) is 1. The van der Waals surface area contributed by atoms with E-state index in [1.807, 2.05) is 0 Å². The summed E-state index contributed by atoms with van der Waals surface area (Å²) in [5, 5.41) is 8.56. The molecule has 82 valence electrons. The summed E-state index contributed by atoms with van der Waals surface area (Å²) < 4.78 is 4.99. The minimum absolute atomic E-state index is 0.0705. The molecule has 0 saturated heterocycles. The lowest BCUT2D eigenvalue weighted by Crippen LogP contribution is -2.33. The van der Waals surface area contributed by atoms with E-state index in [-0.39, 0.29) is 13.0 Å². The fraction of sp³-hybridized carbons (Fsp3) is 0.900. The summed E-state index contributed by atoms with van der Waals surface area (Å²) in [5.74, 6) is 0.357. The summed E-state index contributed by atoms with van der Waals surface area (Å²) in [6.45, 7) is 0.404. The molecule has 1 atom stereocenters. The van der Waals surface area contributed by atoms with Crippen LogP contribution in [0.1, 0.15) is 32.1 Å². The minimum Gasteiger partial charge on any atom is -0.465 e. The number of nitrogens with two attached hydrogens (primary N) is 1. The van der Waals surface area contributed by atoms with Crippen LogP contribution in [0.4, 0.5) is 0 Å². The van der Waals surface area contributed by atoms with Gasteiger partial charge < -0.3 is 15.6 Å². The molecule has 0 spiro atoms. The Morgan fingerprint density at radius 3 is 2.79 bits per heavy atom. The van der Waals surface area contributed by atoms with Gasteiger partial charge in [0.1, 0.15) is 6.04 Å². The second-order valence-electron chi connectivity index (χ2n) is 3.87. The molecular weight excluding hydrogens is 182 g/mol. The van der Waals surface area contributed by atoms with Crippen LogP contribution < -0.4 is 5.73 Å². The molecule has 1 aliphatic rings. The summed E-state index contributed by atoms with van der Waals surface area (Å²) in [6.07, 6.45) is 5.07. The third kappa shape index (κ3) is 3.64. The molecule has 0 aromatic heterocycles. The summed E-state index contributed by atoms with van der Waals surface area (Å²) in [4.78, 5) is 11.2. The first-order valence-corrected chi connectivity index (χ1v) is 5.27. The molecule has 0 amide bonds. The van der Waals surface area contributed by atoms with Crippen LogP contribution in [-0.4, -0.2) is 30.3 Å². The van der Waals surface area contributed by atoms with Crippen molar-refractivity contribution < 1.29 is 14.6 Å². The lowest BCUT2D eigenvalue weighted by Gasteiger charge is -2.24. The molecule has 0 radical (unpaired) electrons. The van der Waals surface area contributed by atoms with Crippen LogP contribution in [-0.2, 0) is 9.53 Å². The number of rotatable bonds is 6. The van der Waals surface area contributed by atoms with Crippen LogP contribution in [0.15, 0.2) is 0 Å². The maximum absolute atomic E-state index is 11.2. The first-order valence-electron chi connectivity index (χ1n) is 5.27. The van der Waals surface area contributed by atoms with Crippen molar-refractivity contribution in [3.05, 3.63) is 0 Å². The summed E-state index contributed by atoms with van der Waals surface area (Å²) >= 11 is 0. The Labute approximate surface area is 84.4 Å². The molecule has 0 aromatic rings. The van der Waals surface area contributed by atoms with Gasteiger partial charge in [-0.1, -0.05) is 19.3 Å². The normalized spacial score (nSPS) is 18.7. The number of carbonyl (C=O) groups is 1. The smallest absolute Gasteiger partial charge is 0.322 e. The van der Waals surface area contributed by atoms with Crippen molar-refractivity contribution in [3.63, 3.8) is 0 Å². The lowest BCUT2D eigenvalue weighted by atomic mass is 9.83. The first kappa shape index (κ1) is 11.5. The van der Waals surface area contributed by atoms with Gasteiger partial charge in [0.2, 0.25) is 0 Å². The average Bonchev–Trinajstić information content (AvgIpc) is 2.09. The molecule has 1 saturated carbocycles. The third-order valence-electron chi connectivity index (χ3n) is 2.74. The predicted molar refractivity (Wildman–Crippen MR) is 52.6 cm³/mol. The Bertz CT molecular complexity index is 180. The van der Waals surface area contributed by atoms with Crippen LogP contribution in [0.3, 0.4) is 0 Å².